The number of carbonyl (C=O) groups is 1. The highest BCUT2D eigenvalue weighted by molar-refractivity contribution is 5.75. The average molecular weight is 425 g/mol. The molecule has 0 fully saturated rings. The second-order valence-electron chi connectivity index (χ2n) is 6.98. The van der Waals surface area contributed by atoms with Gasteiger partial charge in [-0.1, -0.05) is 12.1 Å². The van der Waals surface area contributed by atoms with Gasteiger partial charge in [0.05, 0.1) is 14.2 Å². The second-order valence-corrected chi connectivity index (χ2v) is 6.98. The summed E-state index contributed by atoms with van der Waals surface area (Å²) in [4.78, 5) is 15.8. The van der Waals surface area contributed by atoms with Gasteiger partial charge in [0, 0.05) is 30.9 Å². The van der Waals surface area contributed by atoms with Crippen LogP contribution in [-0.4, -0.2) is 60.0 Å². The zero-order valence-electron chi connectivity index (χ0n) is 18.3. The Morgan fingerprint density at radius 3 is 2.65 bits per heavy atom. The Bertz CT molecular complexity index is 1020. The van der Waals surface area contributed by atoms with Crippen molar-refractivity contribution in [2.45, 2.75) is 20.4 Å². The predicted octanol–water partition coefficient (Wildman–Crippen LogP) is 2.31. The van der Waals surface area contributed by atoms with Gasteiger partial charge in [-0.3, -0.25) is 4.79 Å². The first kappa shape index (κ1) is 22.1. The number of hydrogen-bond donors (Lipinski definition) is 1. The molecule has 3 aromatic rings. The van der Waals surface area contributed by atoms with Crippen molar-refractivity contribution in [1.82, 2.24) is 25.5 Å². The van der Waals surface area contributed by atoms with Gasteiger partial charge in [0.1, 0.15) is 6.54 Å². The Morgan fingerprint density at radius 2 is 1.94 bits per heavy atom. The lowest BCUT2D eigenvalue weighted by Gasteiger charge is -2.23. The number of benzene rings is 2. The quantitative estimate of drug-likeness (QED) is 0.534. The molecule has 0 saturated carbocycles. The number of nitrogens with one attached hydrogen (secondary N) is 1. The number of aromatic nitrogens is 4. The third kappa shape index (κ3) is 5.71. The van der Waals surface area contributed by atoms with Gasteiger partial charge in [-0.25, -0.2) is 0 Å². The van der Waals surface area contributed by atoms with E-state index >= 15 is 0 Å². The van der Waals surface area contributed by atoms with Crippen molar-refractivity contribution in [2.24, 2.45) is 0 Å². The highest BCUT2D eigenvalue weighted by Gasteiger charge is 2.12. The van der Waals surface area contributed by atoms with Crippen LogP contribution in [0.15, 0.2) is 42.5 Å². The lowest BCUT2D eigenvalue weighted by atomic mass is 10.2. The molecule has 2 aromatic carbocycles. The molecule has 0 bridgehead atoms. The highest BCUT2D eigenvalue weighted by Crippen LogP contribution is 2.30. The number of methoxy groups -OCH3 is 2. The van der Waals surface area contributed by atoms with E-state index in [0.717, 1.165) is 17.8 Å². The molecule has 164 valence electrons. The molecule has 0 aliphatic carbocycles. The molecule has 1 aromatic heterocycles. The zero-order valence-corrected chi connectivity index (χ0v) is 18.3. The minimum Gasteiger partial charge on any atom is -0.493 e. The molecule has 31 heavy (non-hydrogen) atoms. The van der Waals surface area contributed by atoms with Gasteiger partial charge in [-0.05, 0) is 55.0 Å². The number of aryl methyl sites for hydroxylation is 1. The van der Waals surface area contributed by atoms with Crippen molar-refractivity contribution < 1.29 is 14.3 Å². The molecule has 0 radical (unpaired) electrons. The molecule has 0 spiro atoms. The number of rotatable bonds is 10. The summed E-state index contributed by atoms with van der Waals surface area (Å²) in [5.74, 6) is 1.43. The van der Waals surface area contributed by atoms with Gasteiger partial charge in [0.15, 0.2) is 11.5 Å². The highest BCUT2D eigenvalue weighted by atomic mass is 16.5. The van der Waals surface area contributed by atoms with E-state index in [1.165, 1.54) is 10.4 Å². The lowest BCUT2D eigenvalue weighted by molar-refractivity contribution is -0.122. The van der Waals surface area contributed by atoms with E-state index in [0.29, 0.717) is 30.4 Å². The van der Waals surface area contributed by atoms with E-state index in [2.05, 4.69) is 57.7 Å². The van der Waals surface area contributed by atoms with Gasteiger partial charge >= 0.3 is 0 Å². The van der Waals surface area contributed by atoms with Crippen molar-refractivity contribution in [1.29, 1.82) is 0 Å². The molecule has 0 aliphatic heterocycles. The maximum Gasteiger partial charge on any atom is 0.243 e. The Kier molecular flexibility index (Phi) is 7.42. The minimum absolute atomic E-state index is 0.00312. The third-order valence-corrected chi connectivity index (χ3v) is 4.83. The Balaban J connectivity index is 1.54. The first-order chi connectivity index (χ1) is 15.0. The number of anilines is 1. The first-order valence-corrected chi connectivity index (χ1v) is 10.1. The second kappa shape index (κ2) is 10.4. The summed E-state index contributed by atoms with van der Waals surface area (Å²) in [6.07, 6.45) is 0. The number of amides is 1. The van der Waals surface area contributed by atoms with Crippen LogP contribution < -0.4 is 19.7 Å². The standard InChI is InChI=1S/C22H28N6O3/c1-5-27(18-8-6-7-16(2)13-18)12-11-23-21(29)15-28-25-22(24-26-28)17-9-10-19(30-3)20(14-17)31-4/h6-10,13-14H,5,11-12,15H2,1-4H3,(H,23,29). The van der Waals surface area contributed by atoms with Crippen molar-refractivity contribution in [3.05, 3.63) is 48.0 Å². The summed E-state index contributed by atoms with van der Waals surface area (Å²) in [5, 5.41) is 15.2. The molecule has 9 nitrogen and oxygen atoms in total. The molecule has 0 saturated heterocycles. The van der Waals surface area contributed by atoms with E-state index < -0.39 is 0 Å². The number of hydrogen-bond acceptors (Lipinski definition) is 7. The van der Waals surface area contributed by atoms with Crippen LogP contribution in [0.5, 0.6) is 11.5 Å². The van der Waals surface area contributed by atoms with Crippen LogP contribution in [0.3, 0.4) is 0 Å². The van der Waals surface area contributed by atoms with Crippen molar-refractivity contribution in [2.75, 3.05) is 38.8 Å². The minimum atomic E-state index is -0.170. The van der Waals surface area contributed by atoms with E-state index in [4.69, 9.17) is 9.47 Å². The normalized spacial score (nSPS) is 10.6. The van der Waals surface area contributed by atoms with Gasteiger partial charge in [-0.2, -0.15) is 4.80 Å². The number of ether oxygens (including phenoxy) is 2. The van der Waals surface area contributed by atoms with E-state index in [9.17, 15) is 4.79 Å². The van der Waals surface area contributed by atoms with Gasteiger partial charge < -0.3 is 19.7 Å². The lowest BCUT2D eigenvalue weighted by Crippen LogP contribution is -2.36. The summed E-state index contributed by atoms with van der Waals surface area (Å²) < 4.78 is 10.5. The molecule has 9 heteroatoms. The van der Waals surface area contributed by atoms with E-state index in [1.807, 2.05) is 12.1 Å². The molecule has 1 N–H and O–H groups in total. The fraction of sp³-hybridized carbons (Fsp3) is 0.364. The maximum atomic E-state index is 12.3. The van der Waals surface area contributed by atoms with Crippen LogP contribution in [0.4, 0.5) is 5.69 Å². The SMILES string of the molecule is CCN(CCNC(=O)Cn1nnc(-c2ccc(OC)c(OC)c2)n1)c1cccc(C)c1. The van der Waals surface area contributed by atoms with Crippen molar-refractivity contribution in [3.8, 4) is 22.9 Å². The molecule has 0 aliphatic rings. The molecular formula is C22H28N6O3. The molecular weight excluding hydrogens is 396 g/mol. The van der Waals surface area contributed by atoms with Crippen LogP contribution >= 0.6 is 0 Å². The Labute approximate surface area is 182 Å². The van der Waals surface area contributed by atoms with Crippen LogP contribution in [0.25, 0.3) is 11.4 Å². The van der Waals surface area contributed by atoms with Crippen LogP contribution in [0, 0.1) is 6.92 Å². The topological polar surface area (TPSA) is 94.4 Å². The average Bonchev–Trinajstić information content (AvgIpc) is 3.24. The summed E-state index contributed by atoms with van der Waals surface area (Å²) >= 11 is 0. The summed E-state index contributed by atoms with van der Waals surface area (Å²) in [6, 6.07) is 13.7. The molecule has 0 unspecified atom stereocenters. The maximum absolute atomic E-state index is 12.3. The summed E-state index contributed by atoms with van der Waals surface area (Å²) in [5.41, 5.74) is 3.08. The largest absolute Gasteiger partial charge is 0.493 e. The van der Waals surface area contributed by atoms with Gasteiger partial charge in [-0.15, -0.1) is 10.2 Å². The van der Waals surface area contributed by atoms with Gasteiger partial charge in [0.2, 0.25) is 11.7 Å². The molecule has 1 heterocycles. The summed E-state index contributed by atoms with van der Waals surface area (Å²) in [6.45, 7) is 6.26. The summed E-state index contributed by atoms with van der Waals surface area (Å²) in [7, 11) is 3.14. The van der Waals surface area contributed by atoms with E-state index in [-0.39, 0.29) is 12.5 Å². The van der Waals surface area contributed by atoms with Gasteiger partial charge in [0.25, 0.3) is 0 Å². The van der Waals surface area contributed by atoms with Crippen LogP contribution in [0.1, 0.15) is 12.5 Å². The molecule has 1 amide bonds. The number of carbonyl (C=O) groups excluding carboxylic acids is 1. The molecule has 0 atom stereocenters. The third-order valence-electron chi connectivity index (χ3n) is 4.83. The number of tetrazole rings is 1. The van der Waals surface area contributed by atoms with Crippen molar-refractivity contribution in [3.63, 3.8) is 0 Å². The number of likely N-dealkylation sites (N-methyl/N-ethyl adjacent to an activating group) is 1. The Hall–Kier alpha value is -3.62. The number of nitrogens with zero attached hydrogens (tertiary/aromatic N) is 5. The van der Waals surface area contributed by atoms with Crippen LogP contribution in [0.2, 0.25) is 0 Å². The van der Waals surface area contributed by atoms with Crippen LogP contribution in [-0.2, 0) is 11.3 Å². The fourth-order valence-corrected chi connectivity index (χ4v) is 3.21. The van der Waals surface area contributed by atoms with Crippen molar-refractivity contribution >= 4 is 11.6 Å². The Morgan fingerprint density at radius 1 is 1.13 bits per heavy atom. The fourth-order valence-electron chi connectivity index (χ4n) is 3.21. The zero-order chi connectivity index (χ0) is 22.2. The monoisotopic (exact) mass is 424 g/mol. The van der Waals surface area contributed by atoms with E-state index in [1.54, 1.807) is 26.4 Å². The molecule has 3 rings (SSSR count). The smallest absolute Gasteiger partial charge is 0.243 e. The predicted molar refractivity (Wildman–Crippen MR) is 118 cm³/mol. The first-order valence-electron chi connectivity index (χ1n) is 10.1.